The number of carbonyl (C=O) groups is 3. The molecule has 0 bridgehead atoms. The van der Waals surface area contributed by atoms with Gasteiger partial charge in [-0.15, -0.1) is 0 Å². The summed E-state index contributed by atoms with van der Waals surface area (Å²) in [5.41, 5.74) is 1.18. The fourth-order valence-electron chi connectivity index (χ4n) is 6.49. The maximum Gasteiger partial charge on any atom is 0.271 e. The Morgan fingerprint density at radius 3 is 2.73 bits per heavy atom. The summed E-state index contributed by atoms with van der Waals surface area (Å²) in [6, 6.07) is 8.18. The predicted octanol–water partition coefficient (Wildman–Crippen LogP) is 4.36. The number of H-pyrrole nitrogens is 1. The number of nitriles is 1. The molecule has 2 N–H and O–H groups in total. The van der Waals surface area contributed by atoms with E-state index in [-0.39, 0.29) is 34.3 Å². The van der Waals surface area contributed by atoms with Crippen molar-refractivity contribution in [3.05, 3.63) is 30.0 Å². The minimum Gasteiger partial charge on any atom is -0.496 e. The number of carbonyl (C=O) groups excluding carboxylic acids is 3. The lowest BCUT2D eigenvalue weighted by molar-refractivity contribution is -0.129. The summed E-state index contributed by atoms with van der Waals surface area (Å²) in [6.45, 7) is 4.72. The van der Waals surface area contributed by atoms with E-state index in [1.165, 1.54) is 0 Å². The van der Waals surface area contributed by atoms with Crippen LogP contribution in [0.5, 0.6) is 5.75 Å². The molecule has 2 aromatic rings. The molecule has 3 aliphatic rings. The summed E-state index contributed by atoms with van der Waals surface area (Å²) >= 11 is 0. The zero-order chi connectivity index (χ0) is 26.4. The maximum atomic E-state index is 13.7. The molecule has 37 heavy (non-hydrogen) atoms. The van der Waals surface area contributed by atoms with Crippen molar-refractivity contribution in [1.82, 2.24) is 15.2 Å². The lowest BCUT2D eigenvalue weighted by Crippen LogP contribution is -2.49. The van der Waals surface area contributed by atoms with Crippen molar-refractivity contribution >= 4 is 28.5 Å². The van der Waals surface area contributed by atoms with Crippen molar-refractivity contribution in [2.45, 2.75) is 77.3 Å². The molecule has 196 valence electrons. The average molecular weight is 505 g/mol. The summed E-state index contributed by atoms with van der Waals surface area (Å²) in [4.78, 5) is 44.8. The molecule has 1 saturated heterocycles. The molecule has 2 amide bonds. The summed E-state index contributed by atoms with van der Waals surface area (Å²) in [6.07, 6.45) is 6.18. The van der Waals surface area contributed by atoms with Gasteiger partial charge in [0.05, 0.1) is 13.2 Å². The Labute approximate surface area is 217 Å². The quantitative estimate of drug-likeness (QED) is 0.607. The Kier molecular flexibility index (Phi) is 6.51. The number of nitrogens with zero attached hydrogens (tertiary/aromatic N) is 2. The van der Waals surface area contributed by atoms with Crippen LogP contribution in [-0.2, 0) is 9.59 Å². The number of amides is 2. The highest BCUT2D eigenvalue weighted by Crippen LogP contribution is 2.50. The fourth-order valence-corrected chi connectivity index (χ4v) is 6.49. The Hall–Kier alpha value is -3.34. The minimum atomic E-state index is -0.755. The summed E-state index contributed by atoms with van der Waals surface area (Å²) < 4.78 is 5.44. The first-order chi connectivity index (χ1) is 17.6. The van der Waals surface area contributed by atoms with Crippen LogP contribution in [-0.4, -0.2) is 53.2 Å². The second-order valence-corrected chi connectivity index (χ2v) is 12.1. The Balaban J connectivity index is 1.32. The molecule has 8 nitrogen and oxygen atoms in total. The molecule has 1 aromatic heterocycles. The van der Waals surface area contributed by atoms with Gasteiger partial charge in [0.2, 0.25) is 5.91 Å². The van der Waals surface area contributed by atoms with Crippen LogP contribution < -0.4 is 10.1 Å². The van der Waals surface area contributed by atoms with Gasteiger partial charge < -0.3 is 19.9 Å². The van der Waals surface area contributed by atoms with Crippen LogP contribution >= 0.6 is 0 Å². The highest BCUT2D eigenvalue weighted by atomic mass is 16.5. The van der Waals surface area contributed by atoms with Crippen molar-refractivity contribution in [3.8, 4) is 11.8 Å². The van der Waals surface area contributed by atoms with E-state index in [0.717, 1.165) is 43.0 Å². The third kappa shape index (κ3) is 4.84. The van der Waals surface area contributed by atoms with Crippen LogP contribution in [0.1, 0.15) is 75.7 Å². The van der Waals surface area contributed by atoms with Crippen molar-refractivity contribution in [2.75, 3.05) is 13.7 Å². The van der Waals surface area contributed by atoms with Gasteiger partial charge in [0, 0.05) is 29.8 Å². The van der Waals surface area contributed by atoms with Gasteiger partial charge in [-0.3, -0.25) is 14.4 Å². The Bertz CT molecular complexity index is 1270. The van der Waals surface area contributed by atoms with E-state index >= 15 is 0 Å². The van der Waals surface area contributed by atoms with Gasteiger partial charge in [0.15, 0.2) is 0 Å². The molecule has 5 rings (SSSR count). The monoisotopic (exact) mass is 504 g/mol. The summed E-state index contributed by atoms with van der Waals surface area (Å²) in [5.74, 6) is 0.113. The number of likely N-dealkylation sites (tertiary alicyclic amines) is 1. The largest absolute Gasteiger partial charge is 0.496 e. The third-order valence-electron chi connectivity index (χ3n) is 8.83. The van der Waals surface area contributed by atoms with Gasteiger partial charge in [0.1, 0.15) is 29.3 Å². The van der Waals surface area contributed by atoms with Crippen molar-refractivity contribution in [3.63, 3.8) is 0 Å². The van der Waals surface area contributed by atoms with Gasteiger partial charge in [-0.25, -0.2) is 0 Å². The van der Waals surface area contributed by atoms with E-state index in [9.17, 15) is 19.6 Å². The first-order valence-electron chi connectivity index (χ1n) is 13.3. The fraction of sp³-hybridized carbons (Fsp3) is 0.586. The first kappa shape index (κ1) is 25.3. The highest BCUT2D eigenvalue weighted by Gasteiger charge is 2.52. The van der Waals surface area contributed by atoms with E-state index in [1.54, 1.807) is 18.1 Å². The molecule has 8 heteroatoms. The number of benzene rings is 1. The van der Waals surface area contributed by atoms with Gasteiger partial charge in [-0.05, 0) is 67.6 Å². The number of Topliss-reactive ketones (excluding diaryl/α,β-unsaturated/α-hetero) is 1. The molecule has 0 radical (unpaired) electrons. The predicted molar refractivity (Wildman–Crippen MR) is 139 cm³/mol. The second-order valence-electron chi connectivity index (χ2n) is 12.1. The number of aromatic amines is 1. The van der Waals surface area contributed by atoms with Crippen LogP contribution in [0.3, 0.4) is 0 Å². The molecule has 2 saturated carbocycles. The highest BCUT2D eigenvalue weighted by molar-refractivity contribution is 6.02. The number of nitrogens with one attached hydrogen (secondary N) is 2. The molecule has 1 spiro atoms. The minimum absolute atomic E-state index is 0.00654. The van der Waals surface area contributed by atoms with Crippen LogP contribution in [0.25, 0.3) is 10.9 Å². The summed E-state index contributed by atoms with van der Waals surface area (Å²) in [5, 5.41) is 13.5. The number of aromatic nitrogens is 1. The second kappa shape index (κ2) is 9.51. The van der Waals surface area contributed by atoms with E-state index in [2.05, 4.69) is 30.2 Å². The van der Waals surface area contributed by atoms with Gasteiger partial charge in [0.25, 0.3) is 5.91 Å². The topological polar surface area (TPSA) is 115 Å². The lowest BCUT2D eigenvalue weighted by atomic mass is 9.67. The number of ketones is 1. The Morgan fingerprint density at radius 1 is 1.30 bits per heavy atom. The smallest absolute Gasteiger partial charge is 0.271 e. The normalized spacial score (nSPS) is 24.9. The number of hydrogen-bond acceptors (Lipinski definition) is 5. The zero-order valence-electron chi connectivity index (χ0n) is 21.9. The molecule has 3 atom stereocenters. The summed E-state index contributed by atoms with van der Waals surface area (Å²) in [7, 11) is 1.60. The van der Waals surface area contributed by atoms with Crippen LogP contribution in [0, 0.1) is 28.1 Å². The van der Waals surface area contributed by atoms with Crippen molar-refractivity contribution in [1.29, 1.82) is 5.26 Å². The number of methoxy groups -OCH3 is 1. The van der Waals surface area contributed by atoms with Gasteiger partial charge in [-0.1, -0.05) is 26.3 Å². The standard InChI is InChI=1S/C29H36N4O4/c1-28(2)11-8-18(24(34)15-28)12-19(16-30)31-26(35)23-14-29(9-5-10-29)17-33(23)27(36)22-13-20-21(32-22)6-4-7-25(20)37-3/h4,6-7,13,18-19,23,32H,5,8-12,14-15,17H2,1-3H3,(H,31,35)/t18-,19-,23?/m0/s1. The lowest BCUT2D eigenvalue weighted by Gasteiger charge is -2.37. The van der Waals surface area contributed by atoms with Crippen molar-refractivity contribution < 1.29 is 19.1 Å². The Morgan fingerprint density at radius 2 is 2.08 bits per heavy atom. The average Bonchev–Trinajstić information content (AvgIpc) is 3.47. The van der Waals surface area contributed by atoms with Gasteiger partial charge in [-0.2, -0.15) is 5.26 Å². The number of rotatable bonds is 6. The van der Waals surface area contributed by atoms with E-state index in [4.69, 9.17) is 4.74 Å². The van der Waals surface area contributed by atoms with Crippen molar-refractivity contribution in [2.24, 2.45) is 16.7 Å². The number of fused-ring (bicyclic) bond motifs is 1. The van der Waals surface area contributed by atoms with E-state index in [0.29, 0.717) is 37.3 Å². The molecule has 1 aromatic carbocycles. The van der Waals surface area contributed by atoms with E-state index in [1.807, 2.05) is 18.2 Å². The maximum absolute atomic E-state index is 13.7. The van der Waals surface area contributed by atoms with Crippen LogP contribution in [0.15, 0.2) is 24.3 Å². The number of ether oxygens (including phenoxy) is 1. The van der Waals surface area contributed by atoms with Crippen LogP contribution in [0.4, 0.5) is 0 Å². The molecular formula is C29H36N4O4. The molecule has 2 heterocycles. The first-order valence-corrected chi connectivity index (χ1v) is 13.3. The molecule has 1 unspecified atom stereocenters. The van der Waals surface area contributed by atoms with Gasteiger partial charge >= 0.3 is 0 Å². The molecule has 3 fully saturated rings. The van der Waals surface area contributed by atoms with Crippen LogP contribution in [0.2, 0.25) is 0 Å². The SMILES string of the molecule is COc1cccc2[nH]c(C(=O)N3CC4(CCC4)CC3C(=O)N[C@H](C#N)C[C@@H]3CCC(C)(C)CC3=O)cc12. The third-order valence-corrected chi connectivity index (χ3v) is 8.83. The number of hydrogen-bond donors (Lipinski definition) is 2. The molecule has 1 aliphatic heterocycles. The molecular weight excluding hydrogens is 468 g/mol. The van der Waals surface area contributed by atoms with E-state index < -0.39 is 12.1 Å². The zero-order valence-corrected chi connectivity index (χ0v) is 21.9. The molecule has 2 aliphatic carbocycles.